The van der Waals surface area contributed by atoms with Crippen molar-refractivity contribution in [1.82, 2.24) is 18.5 Å². The number of nitrogens with zero attached hydrogens (tertiary/aromatic N) is 4. The predicted octanol–water partition coefficient (Wildman–Crippen LogP) is -3.33. The molecule has 0 amide bonds. The first kappa shape index (κ1) is 19.4. The van der Waals surface area contributed by atoms with Crippen LogP contribution in [0.5, 0.6) is 0 Å². The molecule has 2 aromatic rings. The zero-order chi connectivity index (χ0) is 19.2. The van der Waals surface area contributed by atoms with E-state index in [2.05, 4.69) is 9.97 Å². The third kappa shape index (κ3) is 3.31. The number of thiol groups is 1. The summed E-state index contributed by atoms with van der Waals surface area (Å²) in [6.07, 6.45) is -2.84. The molecule has 1 saturated heterocycles. The van der Waals surface area contributed by atoms with Gasteiger partial charge in [-0.25, -0.2) is 8.96 Å². The van der Waals surface area contributed by atoms with Gasteiger partial charge in [-0.15, -0.1) is 0 Å². The summed E-state index contributed by atoms with van der Waals surface area (Å²) in [6.45, 7) is -4.83. The second-order valence-corrected chi connectivity index (χ2v) is 9.27. The lowest BCUT2D eigenvalue weighted by molar-refractivity contribution is -0.0583. The van der Waals surface area contributed by atoms with Crippen molar-refractivity contribution in [2.24, 2.45) is 0 Å². The van der Waals surface area contributed by atoms with Gasteiger partial charge >= 0.3 is 5.56 Å². The van der Waals surface area contributed by atoms with E-state index in [1.165, 1.54) is 18.0 Å². The monoisotopic (exact) mass is 411 g/mol. The lowest BCUT2D eigenvalue weighted by Gasteiger charge is -2.21. The molecule has 0 aromatic carbocycles. The van der Waals surface area contributed by atoms with Crippen LogP contribution in [-0.2, 0) is 20.6 Å². The van der Waals surface area contributed by atoms with E-state index < -0.39 is 60.5 Å². The van der Waals surface area contributed by atoms with E-state index in [4.69, 9.17) is 15.2 Å². The van der Waals surface area contributed by atoms with Crippen LogP contribution in [0.3, 0.4) is 0 Å². The Morgan fingerprint density at radius 2 is 2.15 bits per heavy atom. The SMILES string of the molecule is CO[C@@H]1[C@@H](O)[C@@H](CO)O[C@H]1n1cnc2c(=O)nc(N)n([SH]=P(O)(O)O)c21. The van der Waals surface area contributed by atoms with Crippen LogP contribution in [0.2, 0.25) is 0 Å². The Hall–Kier alpha value is -1.35. The van der Waals surface area contributed by atoms with Gasteiger partial charge in [0.05, 0.1) is 12.9 Å². The first-order valence-electron chi connectivity index (χ1n) is 7.21. The third-order valence-electron chi connectivity index (χ3n) is 3.85. The van der Waals surface area contributed by atoms with E-state index in [1.807, 2.05) is 0 Å². The highest BCUT2D eigenvalue weighted by Crippen LogP contribution is 2.35. The molecule has 26 heavy (non-hydrogen) atoms. The topological polar surface area (TPSA) is 198 Å². The lowest BCUT2D eigenvalue weighted by atomic mass is 10.1. The number of anilines is 1. The minimum Gasteiger partial charge on any atom is -0.394 e. The zero-order valence-corrected chi connectivity index (χ0v) is 15.1. The maximum absolute atomic E-state index is 12.1. The molecule has 15 heteroatoms. The average Bonchev–Trinajstić information content (AvgIpc) is 3.11. The first-order chi connectivity index (χ1) is 12.2. The Bertz CT molecular complexity index is 932. The molecule has 3 heterocycles. The summed E-state index contributed by atoms with van der Waals surface area (Å²) in [5, 5.41) is 19.5. The number of aliphatic hydroxyl groups excluding tert-OH is 2. The molecule has 2 aromatic heterocycles. The molecule has 7 N–H and O–H groups in total. The summed E-state index contributed by atoms with van der Waals surface area (Å²) >= 11 is -0.435. The predicted molar refractivity (Wildman–Crippen MR) is 91.7 cm³/mol. The highest BCUT2D eigenvalue weighted by Gasteiger charge is 2.45. The molecular weight excluding hydrogens is 393 g/mol. The van der Waals surface area contributed by atoms with E-state index in [0.717, 1.165) is 3.97 Å². The molecule has 1 fully saturated rings. The van der Waals surface area contributed by atoms with Gasteiger partial charge < -0.3 is 40.1 Å². The Balaban J connectivity index is 2.27. The summed E-state index contributed by atoms with van der Waals surface area (Å²) in [4.78, 5) is 47.8. The minimum atomic E-state index is -4.35. The molecule has 1 aliphatic rings. The van der Waals surface area contributed by atoms with Crippen molar-refractivity contribution in [1.29, 1.82) is 0 Å². The molecule has 0 bridgehead atoms. The van der Waals surface area contributed by atoms with Crippen molar-refractivity contribution < 1.29 is 34.4 Å². The maximum Gasteiger partial charge on any atom is 0.302 e. The second kappa shape index (κ2) is 6.99. The number of methoxy groups -OCH3 is 1. The number of hydrogen-bond donors (Lipinski definition) is 7. The van der Waals surface area contributed by atoms with E-state index >= 15 is 0 Å². The number of hydrogen-bond acceptors (Lipinski definition) is 8. The van der Waals surface area contributed by atoms with Gasteiger partial charge in [0.2, 0.25) is 5.95 Å². The van der Waals surface area contributed by atoms with Gasteiger partial charge in [-0.05, 0) is 11.1 Å². The molecule has 0 unspecified atom stereocenters. The number of nitrogens with two attached hydrogens (primary N) is 1. The van der Waals surface area contributed by atoms with Gasteiger partial charge in [-0.1, -0.05) is 0 Å². The highest BCUT2D eigenvalue weighted by molar-refractivity contribution is 8.15. The molecule has 0 spiro atoms. The number of fused-ring (bicyclic) bond motifs is 1. The fraction of sp³-hybridized carbons (Fsp3) is 0.545. The zero-order valence-electron chi connectivity index (χ0n) is 13.3. The number of rotatable bonds is 4. The molecule has 13 nitrogen and oxygen atoms in total. The van der Waals surface area contributed by atoms with Crippen molar-refractivity contribution >= 4 is 35.0 Å². The van der Waals surface area contributed by atoms with Crippen molar-refractivity contribution in [2.75, 3.05) is 19.5 Å². The normalized spacial score (nSPS) is 26.7. The van der Waals surface area contributed by atoms with E-state index in [0.29, 0.717) is 0 Å². The molecular formula is C11H18N5O8PS. The first-order valence-corrected chi connectivity index (χ1v) is 10.4. The van der Waals surface area contributed by atoms with E-state index in [9.17, 15) is 29.7 Å². The van der Waals surface area contributed by atoms with Gasteiger partial charge in [-0.2, -0.15) is 4.98 Å². The largest absolute Gasteiger partial charge is 0.394 e. The number of aromatic nitrogens is 4. The molecule has 0 radical (unpaired) electrons. The number of imidazole rings is 1. The van der Waals surface area contributed by atoms with Gasteiger partial charge in [0.1, 0.15) is 18.3 Å². The maximum atomic E-state index is 12.1. The van der Waals surface area contributed by atoms with Crippen LogP contribution < -0.4 is 11.3 Å². The third-order valence-corrected chi connectivity index (χ3v) is 5.92. The molecule has 1 aliphatic heterocycles. The minimum absolute atomic E-state index is 0.0245. The van der Waals surface area contributed by atoms with Crippen LogP contribution in [0.15, 0.2) is 11.1 Å². The molecule has 0 saturated carbocycles. The number of aliphatic hydroxyl groups is 2. The van der Waals surface area contributed by atoms with Crippen LogP contribution in [0.4, 0.5) is 5.95 Å². The number of ether oxygens (including phenoxy) is 2. The summed E-state index contributed by atoms with van der Waals surface area (Å²) in [5.74, 6) is -0.390. The van der Waals surface area contributed by atoms with Crippen LogP contribution in [0.1, 0.15) is 6.23 Å². The lowest BCUT2D eigenvalue weighted by Crippen LogP contribution is -2.34. The Labute approximate surface area is 149 Å². The number of nitrogen functional groups attached to an aromatic ring is 1. The van der Waals surface area contributed by atoms with E-state index in [-0.39, 0.29) is 11.2 Å². The average molecular weight is 411 g/mol. The fourth-order valence-corrected chi connectivity index (χ4v) is 4.68. The summed E-state index contributed by atoms with van der Waals surface area (Å²) < 4.78 is 13.1. The van der Waals surface area contributed by atoms with Gasteiger partial charge in [0.15, 0.2) is 17.4 Å². The van der Waals surface area contributed by atoms with Crippen LogP contribution in [-0.4, -0.2) is 75.4 Å². The molecule has 146 valence electrons. The van der Waals surface area contributed by atoms with Crippen molar-refractivity contribution in [3.8, 4) is 0 Å². The Kier molecular flexibility index (Phi) is 5.22. The summed E-state index contributed by atoms with van der Waals surface area (Å²) in [6, 6.07) is 0. The van der Waals surface area contributed by atoms with Crippen molar-refractivity contribution in [3.05, 3.63) is 16.7 Å². The fourth-order valence-electron chi connectivity index (χ4n) is 2.77. The van der Waals surface area contributed by atoms with Gasteiger partial charge in [-0.3, -0.25) is 9.36 Å². The summed E-state index contributed by atoms with van der Waals surface area (Å²) in [5.41, 5.74) is 4.73. The quantitative estimate of drug-likeness (QED) is 0.196. The van der Waals surface area contributed by atoms with Crippen molar-refractivity contribution in [3.63, 3.8) is 0 Å². The Morgan fingerprint density at radius 3 is 2.73 bits per heavy atom. The van der Waals surface area contributed by atoms with Crippen LogP contribution in [0.25, 0.3) is 11.2 Å². The van der Waals surface area contributed by atoms with E-state index in [1.54, 1.807) is 0 Å². The smallest absolute Gasteiger partial charge is 0.302 e. The van der Waals surface area contributed by atoms with Crippen LogP contribution in [0, 0.1) is 0 Å². The second-order valence-electron chi connectivity index (χ2n) is 5.48. The molecule has 0 aliphatic carbocycles. The van der Waals surface area contributed by atoms with Crippen molar-refractivity contribution in [2.45, 2.75) is 24.5 Å². The summed E-state index contributed by atoms with van der Waals surface area (Å²) in [7, 11) is 1.33. The molecule has 3 rings (SSSR count). The standard InChI is InChI=1S/C11H18N5O8PS/c1-23-7-6(18)4(2-17)24-10(7)15-3-13-5-8(19)14-11(12)16(9(5)15)26-25(20,21)22/h3-4,6-7,10,17-18,20-22,26H,2H2,1H3,(H2,12,14,19)/t4-,6+,7-,10-/m1/s1. The Morgan fingerprint density at radius 1 is 1.46 bits per heavy atom. The van der Waals surface area contributed by atoms with Crippen LogP contribution >= 0.6 is 6.72 Å². The van der Waals surface area contributed by atoms with Gasteiger partial charge in [0.25, 0.3) is 6.72 Å². The van der Waals surface area contributed by atoms with Gasteiger partial charge in [0, 0.05) is 7.11 Å². The molecule has 4 atom stereocenters. The highest BCUT2D eigenvalue weighted by atomic mass is 32.5.